The summed E-state index contributed by atoms with van der Waals surface area (Å²) in [6, 6.07) is 17.7. The Labute approximate surface area is 179 Å². The van der Waals surface area contributed by atoms with Gasteiger partial charge in [-0.15, -0.1) is 0 Å². The summed E-state index contributed by atoms with van der Waals surface area (Å²) in [6.07, 6.45) is 3.82. The number of benzene rings is 2. The summed E-state index contributed by atoms with van der Waals surface area (Å²) in [6.45, 7) is 6.36. The Morgan fingerprint density at radius 2 is 1.86 bits per heavy atom. The molecule has 29 heavy (non-hydrogen) atoms. The number of nitriles is 1. The highest BCUT2D eigenvalue weighted by Crippen LogP contribution is 2.47. The molecule has 1 aliphatic carbocycles. The highest BCUT2D eigenvalue weighted by atomic mass is 35.5. The van der Waals surface area contributed by atoms with E-state index in [9.17, 15) is 10.1 Å². The third-order valence-electron chi connectivity index (χ3n) is 6.58. The second-order valence-corrected chi connectivity index (χ2v) is 9.04. The molecule has 0 spiro atoms. The number of carbonyl (C=O) groups is 1. The van der Waals surface area contributed by atoms with Gasteiger partial charge >= 0.3 is 0 Å². The van der Waals surface area contributed by atoms with Crippen molar-refractivity contribution in [3.8, 4) is 6.07 Å². The third kappa shape index (κ3) is 4.65. The molecule has 1 N–H and O–H groups in total. The molecule has 3 nitrogen and oxygen atoms in total. The maximum Gasteiger partial charge on any atom is 0.226 e. The van der Waals surface area contributed by atoms with Crippen LogP contribution in [0.15, 0.2) is 48.5 Å². The van der Waals surface area contributed by atoms with Crippen LogP contribution in [0.5, 0.6) is 0 Å². The molecule has 152 valence electrons. The zero-order chi connectivity index (χ0) is 21.0. The van der Waals surface area contributed by atoms with Crippen LogP contribution in [-0.2, 0) is 11.2 Å². The maximum atomic E-state index is 13.2. The van der Waals surface area contributed by atoms with E-state index in [2.05, 4.69) is 32.2 Å². The van der Waals surface area contributed by atoms with Gasteiger partial charge in [-0.25, -0.2) is 0 Å². The van der Waals surface area contributed by atoms with Gasteiger partial charge in [-0.05, 0) is 67.5 Å². The predicted molar refractivity (Wildman–Crippen MR) is 118 cm³/mol. The fourth-order valence-electron chi connectivity index (χ4n) is 4.37. The summed E-state index contributed by atoms with van der Waals surface area (Å²) < 4.78 is 0. The van der Waals surface area contributed by atoms with E-state index in [1.54, 1.807) is 0 Å². The van der Waals surface area contributed by atoms with Gasteiger partial charge in [-0.1, -0.05) is 56.1 Å². The molecule has 2 atom stereocenters. The number of nitrogens with zero attached hydrogens (tertiary/aromatic N) is 1. The summed E-state index contributed by atoms with van der Waals surface area (Å²) in [5.41, 5.74) is 2.64. The van der Waals surface area contributed by atoms with E-state index in [1.807, 2.05) is 48.5 Å². The first-order valence-electron chi connectivity index (χ1n) is 10.4. The third-order valence-corrected chi connectivity index (χ3v) is 6.83. The van der Waals surface area contributed by atoms with Crippen LogP contribution in [0.25, 0.3) is 0 Å². The molecular weight excluding hydrogens is 380 g/mol. The van der Waals surface area contributed by atoms with Gasteiger partial charge in [0.1, 0.15) is 0 Å². The smallest absolute Gasteiger partial charge is 0.226 e. The van der Waals surface area contributed by atoms with Crippen molar-refractivity contribution in [2.24, 2.45) is 11.3 Å². The Bertz CT molecular complexity index is 894. The zero-order valence-electron chi connectivity index (χ0n) is 17.4. The first-order valence-corrected chi connectivity index (χ1v) is 10.8. The number of nitrogens with one attached hydrogen (secondary N) is 1. The molecular formula is C25H29ClN2O. The number of amides is 1. The van der Waals surface area contributed by atoms with Crippen LogP contribution in [0.2, 0.25) is 5.02 Å². The van der Waals surface area contributed by atoms with E-state index in [-0.39, 0.29) is 23.3 Å². The number of hydrogen-bond acceptors (Lipinski definition) is 2. The Morgan fingerprint density at radius 3 is 2.41 bits per heavy atom. The fraction of sp³-hybridized carbons (Fsp3) is 0.440. The standard InChI is InChI=1S/C25H29ClN2O/c1-17(2)25(12-5-13-25)24(29)28-18(3)23(15-19-8-10-22(26)11-9-19)21-7-4-6-20(14-21)16-27/h4,6-11,14,17-18,23H,5,12-13,15H2,1-3H3,(H,28,29). The van der Waals surface area contributed by atoms with Crippen molar-refractivity contribution < 1.29 is 4.79 Å². The molecule has 1 aliphatic rings. The average Bonchev–Trinajstić information content (AvgIpc) is 2.66. The quantitative estimate of drug-likeness (QED) is 0.622. The number of halogens is 1. The molecule has 1 saturated carbocycles. The lowest BCUT2D eigenvalue weighted by molar-refractivity contribution is -0.140. The molecule has 0 heterocycles. The minimum Gasteiger partial charge on any atom is -0.353 e. The molecule has 2 aromatic carbocycles. The molecule has 1 amide bonds. The lowest BCUT2D eigenvalue weighted by atomic mass is 9.61. The molecule has 0 bridgehead atoms. The van der Waals surface area contributed by atoms with Crippen LogP contribution in [0.4, 0.5) is 0 Å². The molecule has 0 saturated heterocycles. The van der Waals surface area contributed by atoms with Crippen molar-refractivity contribution in [3.05, 3.63) is 70.2 Å². The summed E-state index contributed by atoms with van der Waals surface area (Å²) in [4.78, 5) is 13.2. The second-order valence-electron chi connectivity index (χ2n) is 8.60. The fourth-order valence-corrected chi connectivity index (χ4v) is 4.50. The van der Waals surface area contributed by atoms with E-state index in [0.29, 0.717) is 16.5 Å². The van der Waals surface area contributed by atoms with Crippen molar-refractivity contribution in [3.63, 3.8) is 0 Å². The van der Waals surface area contributed by atoms with E-state index >= 15 is 0 Å². The van der Waals surface area contributed by atoms with E-state index in [1.165, 1.54) is 0 Å². The number of rotatable bonds is 7. The number of carbonyl (C=O) groups excluding carboxylic acids is 1. The van der Waals surface area contributed by atoms with Crippen LogP contribution < -0.4 is 5.32 Å². The normalized spacial score (nSPS) is 17.1. The van der Waals surface area contributed by atoms with Gasteiger partial charge in [0.05, 0.1) is 17.0 Å². The van der Waals surface area contributed by atoms with Crippen LogP contribution in [0.3, 0.4) is 0 Å². The summed E-state index contributed by atoms with van der Waals surface area (Å²) >= 11 is 6.05. The van der Waals surface area contributed by atoms with Crippen LogP contribution >= 0.6 is 11.6 Å². The molecule has 3 rings (SSSR count). The molecule has 0 aromatic heterocycles. The topological polar surface area (TPSA) is 52.9 Å². The SMILES string of the molecule is CC(NC(=O)C1(C(C)C)CCC1)C(Cc1ccc(Cl)cc1)c1cccc(C#N)c1. The van der Waals surface area contributed by atoms with E-state index in [0.717, 1.165) is 36.8 Å². The largest absolute Gasteiger partial charge is 0.353 e. The lowest BCUT2D eigenvalue weighted by Crippen LogP contribution is -2.52. The van der Waals surface area contributed by atoms with Crippen molar-refractivity contribution in [2.75, 3.05) is 0 Å². The van der Waals surface area contributed by atoms with Gasteiger partial charge in [0, 0.05) is 17.0 Å². The van der Waals surface area contributed by atoms with Crippen LogP contribution in [0.1, 0.15) is 62.6 Å². The molecule has 1 fully saturated rings. The molecule has 0 aliphatic heterocycles. The highest BCUT2D eigenvalue weighted by Gasteiger charge is 2.47. The van der Waals surface area contributed by atoms with Gasteiger partial charge in [0.2, 0.25) is 5.91 Å². The predicted octanol–water partition coefficient (Wildman–Crippen LogP) is 5.87. The maximum absolute atomic E-state index is 13.2. The van der Waals surface area contributed by atoms with Crippen molar-refractivity contribution in [2.45, 2.75) is 58.4 Å². The molecule has 0 radical (unpaired) electrons. The summed E-state index contributed by atoms with van der Waals surface area (Å²) in [7, 11) is 0. The van der Waals surface area contributed by atoms with E-state index < -0.39 is 0 Å². The van der Waals surface area contributed by atoms with Crippen molar-refractivity contribution in [1.29, 1.82) is 5.26 Å². The van der Waals surface area contributed by atoms with Crippen LogP contribution in [0, 0.1) is 22.7 Å². The van der Waals surface area contributed by atoms with Crippen molar-refractivity contribution in [1.82, 2.24) is 5.32 Å². The van der Waals surface area contributed by atoms with E-state index in [4.69, 9.17) is 11.6 Å². The zero-order valence-corrected chi connectivity index (χ0v) is 18.2. The summed E-state index contributed by atoms with van der Waals surface area (Å²) in [5, 5.41) is 13.4. The summed E-state index contributed by atoms with van der Waals surface area (Å²) in [5.74, 6) is 0.571. The minimum absolute atomic E-state index is 0.0525. The minimum atomic E-state index is -0.229. The molecule has 2 aromatic rings. The first kappa shape index (κ1) is 21.4. The average molecular weight is 409 g/mol. The van der Waals surface area contributed by atoms with Crippen molar-refractivity contribution >= 4 is 17.5 Å². The van der Waals surface area contributed by atoms with Gasteiger partial charge in [0.25, 0.3) is 0 Å². The monoisotopic (exact) mass is 408 g/mol. The lowest BCUT2D eigenvalue weighted by Gasteiger charge is -2.44. The second kappa shape index (κ2) is 9.01. The highest BCUT2D eigenvalue weighted by molar-refractivity contribution is 6.30. The first-order chi connectivity index (χ1) is 13.9. The van der Waals surface area contributed by atoms with Crippen LogP contribution in [-0.4, -0.2) is 11.9 Å². The Morgan fingerprint density at radius 1 is 1.17 bits per heavy atom. The Hall–Kier alpha value is -2.31. The molecule has 2 unspecified atom stereocenters. The van der Waals surface area contributed by atoms with Gasteiger partial charge in [0.15, 0.2) is 0 Å². The van der Waals surface area contributed by atoms with Gasteiger partial charge in [-0.3, -0.25) is 4.79 Å². The Balaban J connectivity index is 1.86. The Kier molecular flexibility index (Phi) is 6.65. The molecule has 4 heteroatoms. The van der Waals surface area contributed by atoms with Gasteiger partial charge in [-0.2, -0.15) is 5.26 Å². The number of hydrogen-bond donors (Lipinski definition) is 1. The van der Waals surface area contributed by atoms with Gasteiger partial charge < -0.3 is 5.32 Å².